The van der Waals surface area contributed by atoms with E-state index in [1.807, 2.05) is 6.20 Å². The molecule has 2 aromatic rings. The number of ether oxygens (including phenoxy) is 1. The zero-order valence-electron chi connectivity index (χ0n) is 11.9. The van der Waals surface area contributed by atoms with Crippen molar-refractivity contribution in [2.45, 2.75) is 18.9 Å². The molecule has 1 aliphatic rings. The van der Waals surface area contributed by atoms with Crippen molar-refractivity contribution in [3.05, 3.63) is 34.9 Å². The van der Waals surface area contributed by atoms with Crippen LogP contribution in [0.1, 0.15) is 12.8 Å². The molecular weight excluding hydrogens is 330 g/mol. The maximum atomic E-state index is 5.99. The van der Waals surface area contributed by atoms with Crippen LogP contribution in [-0.4, -0.2) is 30.8 Å². The minimum Gasteiger partial charge on any atom is -0.381 e. The molecule has 0 spiro atoms. The highest BCUT2D eigenvalue weighted by Gasteiger charge is 2.23. The number of aromatic nitrogens is 1. The van der Waals surface area contributed by atoms with Gasteiger partial charge in [-0.25, -0.2) is 0 Å². The van der Waals surface area contributed by atoms with Gasteiger partial charge in [-0.3, -0.25) is 4.98 Å². The second kappa shape index (κ2) is 6.73. The first-order valence-corrected chi connectivity index (χ1v) is 8.16. The highest BCUT2D eigenvalue weighted by molar-refractivity contribution is 9.10. The molecule has 1 fully saturated rings. The number of para-hydroxylation sites is 1. The van der Waals surface area contributed by atoms with Gasteiger partial charge in [0.2, 0.25) is 0 Å². The number of nitrogens with zero attached hydrogens (tertiary/aromatic N) is 1. The number of fused-ring (bicyclic) bond motifs is 1. The second-order valence-electron chi connectivity index (χ2n) is 5.47. The minimum atomic E-state index is 0.268. The van der Waals surface area contributed by atoms with Crippen LogP contribution in [0.2, 0.25) is 0 Å². The van der Waals surface area contributed by atoms with Crippen LogP contribution >= 0.6 is 15.9 Å². The Kier molecular flexibility index (Phi) is 4.73. The van der Waals surface area contributed by atoms with Crippen molar-refractivity contribution < 1.29 is 4.74 Å². The summed E-state index contributed by atoms with van der Waals surface area (Å²) < 4.78 is 6.43. The molecule has 1 unspecified atom stereocenters. The maximum absolute atomic E-state index is 5.99. The third-order valence-corrected chi connectivity index (χ3v) is 4.54. The largest absolute Gasteiger partial charge is 0.381 e. The van der Waals surface area contributed by atoms with E-state index in [-0.39, 0.29) is 6.04 Å². The Labute approximate surface area is 133 Å². The van der Waals surface area contributed by atoms with Gasteiger partial charge in [0.1, 0.15) is 0 Å². The van der Waals surface area contributed by atoms with Crippen molar-refractivity contribution in [2.75, 3.05) is 25.1 Å². The van der Waals surface area contributed by atoms with Crippen LogP contribution < -0.4 is 11.1 Å². The lowest BCUT2D eigenvalue weighted by molar-refractivity contribution is 0.0614. The minimum absolute atomic E-state index is 0.268. The third-order valence-electron chi connectivity index (χ3n) is 4.11. The fourth-order valence-corrected chi connectivity index (χ4v) is 3.29. The number of nitrogens with two attached hydrogens (primary N) is 1. The van der Waals surface area contributed by atoms with Crippen LogP contribution in [0.5, 0.6) is 0 Å². The molecule has 112 valence electrons. The van der Waals surface area contributed by atoms with Gasteiger partial charge in [-0.15, -0.1) is 0 Å². The topological polar surface area (TPSA) is 60.2 Å². The molecular formula is C16H20BrN3O. The van der Waals surface area contributed by atoms with Gasteiger partial charge in [-0.1, -0.05) is 12.1 Å². The summed E-state index contributed by atoms with van der Waals surface area (Å²) in [6, 6.07) is 8.55. The average molecular weight is 350 g/mol. The fraction of sp³-hybridized carbons (Fsp3) is 0.438. The lowest BCUT2D eigenvalue weighted by Crippen LogP contribution is -2.39. The molecule has 0 aliphatic carbocycles. The van der Waals surface area contributed by atoms with Crippen molar-refractivity contribution in [3.63, 3.8) is 0 Å². The number of pyridine rings is 1. The Morgan fingerprint density at radius 2 is 2.19 bits per heavy atom. The SMILES string of the molecule is NCC(Nc1cccc2cc(Br)cnc12)C1CCOCC1. The zero-order valence-corrected chi connectivity index (χ0v) is 13.5. The van der Waals surface area contributed by atoms with E-state index in [0.717, 1.165) is 47.1 Å². The van der Waals surface area contributed by atoms with Gasteiger partial charge in [0.25, 0.3) is 0 Å². The monoisotopic (exact) mass is 349 g/mol. The molecule has 1 aromatic carbocycles. The van der Waals surface area contributed by atoms with Crippen molar-refractivity contribution in [1.29, 1.82) is 0 Å². The van der Waals surface area contributed by atoms with Crippen LogP contribution in [0.4, 0.5) is 5.69 Å². The third kappa shape index (κ3) is 3.36. The molecule has 2 heterocycles. The number of anilines is 1. The summed E-state index contributed by atoms with van der Waals surface area (Å²) in [6.45, 7) is 2.30. The highest BCUT2D eigenvalue weighted by Crippen LogP contribution is 2.27. The molecule has 21 heavy (non-hydrogen) atoms. The predicted molar refractivity (Wildman–Crippen MR) is 89.5 cm³/mol. The number of benzene rings is 1. The number of hydrogen-bond donors (Lipinski definition) is 2. The molecule has 0 amide bonds. The van der Waals surface area contributed by atoms with Crippen molar-refractivity contribution in [1.82, 2.24) is 4.98 Å². The predicted octanol–water partition coefficient (Wildman–Crippen LogP) is 3.16. The number of rotatable bonds is 4. The normalized spacial score (nSPS) is 17.8. The second-order valence-corrected chi connectivity index (χ2v) is 6.38. The summed E-state index contributed by atoms with van der Waals surface area (Å²) in [5.41, 5.74) is 8.04. The molecule has 3 rings (SSSR count). The van der Waals surface area contributed by atoms with E-state index in [1.165, 1.54) is 0 Å². The first-order valence-electron chi connectivity index (χ1n) is 7.36. The fourth-order valence-electron chi connectivity index (χ4n) is 2.94. The summed E-state index contributed by atoms with van der Waals surface area (Å²) in [7, 11) is 0. The van der Waals surface area contributed by atoms with Crippen LogP contribution in [0.25, 0.3) is 10.9 Å². The molecule has 0 bridgehead atoms. The van der Waals surface area contributed by atoms with Gasteiger partial charge < -0.3 is 15.8 Å². The Morgan fingerprint density at radius 3 is 2.95 bits per heavy atom. The zero-order chi connectivity index (χ0) is 14.7. The summed E-state index contributed by atoms with van der Waals surface area (Å²) in [5, 5.41) is 4.72. The van der Waals surface area contributed by atoms with E-state index in [1.54, 1.807) is 0 Å². The van der Waals surface area contributed by atoms with Gasteiger partial charge in [0, 0.05) is 41.9 Å². The average Bonchev–Trinajstić information content (AvgIpc) is 2.53. The Hall–Kier alpha value is -1.17. The van der Waals surface area contributed by atoms with Gasteiger partial charge in [0.15, 0.2) is 0 Å². The molecule has 5 heteroatoms. The van der Waals surface area contributed by atoms with Gasteiger partial charge in [0.05, 0.1) is 11.2 Å². The molecule has 1 atom stereocenters. The number of nitrogens with one attached hydrogen (secondary N) is 1. The molecule has 4 nitrogen and oxygen atoms in total. The van der Waals surface area contributed by atoms with Gasteiger partial charge in [-0.2, -0.15) is 0 Å². The Balaban J connectivity index is 1.85. The van der Waals surface area contributed by atoms with E-state index < -0.39 is 0 Å². The number of halogens is 1. The van der Waals surface area contributed by atoms with E-state index in [4.69, 9.17) is 10.5 Å². The molecule has 3 N–H and O–H groups in total. The first kappa shape index (κ1) is 14.8. The van der Waals surface area contributed by atoms with Crippen molar-refractivity contribution in [3.8, 4) is 0 Å². The Bertz CT molecular complexity index is 613. The maximum Gasteiger partial charge on any atom is 0.0934 e. The van der Waals surface area contributed by atoms with E-state index in [9.17, 15) is 0 Å². The summed E-state index contributed by atoms with van der Waals surface area (Å²) in [6.07, 6.45) is 3.97. The lowest BCUT2D eigenvalue weighted by atomic mass is 9.91. The molecule has 0 saturated carbocycles. The Morgan fingerprint density at radius 1 is 1.38 bits per heavy atom. The van der Waals surface area contributed by atoms with Crippen LogP contribution in [0.15, 0.2) is 34.9 Å². The lowest BCUT2D eigenvalue weighted by Gasteiger charge is -2.31. The molecule has 1 saturated heterocycles. The van der Waals surface area contributed by atoms with Crippen molar-refractivity contribution in [2.24, 2.45) is 11.7 Å². The molecule has 1 aliphatic heterocycles. The van der Waals surface area contributed by atoms with Crippen molar-refractivity contribution >= 4 is 32.5 Å². The number of hydrogen-bond acceptors (Lipinski definition) is 4. The van der Waals surface area contributed by atoms with E-state index in [0.29, 0.717) is 12.5 Å². The van der Waals surface area contributed by atoms with Crippen LogP contribution in [0, 0.1) is 5.92 Å². The molecule has 1 aromatic heterocycles. The summed E-state index contributed by atoms with van der Waals surface area (Å²) in [4.78, 5) is 4.54. The smallest absolute Gasteiger partial charge is 0.0934 e. The van der Waals surface area contributed by atoms with Crippen LogP contribution in [-0.2, 0) is 4.74 Å². The highest BCUT2D eigenvalue weighted by atomic mass is 79.9. The first-order chi connectivity index (χ1) is 10.3. The van der Waals surface area contributed by atoms with Gasteiger partial charge >= 0.3 is 0 Å². The summed E-state index contributed by atoms with van der Waals surface area (Å²) in [5.74, 6) is 0.564. The van der Waals surface area contributed by atoms with Gasteiger partial charge in [-0.05, 0) is 46.8 Å². The standard InChI is InChI=1S/C16H20BrN3O/c17-13-8-12-2-1-3-14(16(12)19-10-13)20-15(9-18)11-4-6-21-7-5-11/h1-3,8,10-11,15,20H,4-7,9,18H2. The van der Waals surface area contributed by atoms with E-state index in [2.05, 4.69) is 50.5 Å². The van der Waals surface area contributed by atoms with E-state index >= 15 is 0 Å². The summed E-state index contributed by atoms with van der Waals surface area (Å²) >= 11 is 3.47. The quantitative estimate of drug-likeness (QED) is 0.889. The van der Waals surface area contributed by atoms with Crippen LogP contribution in [0.3, 0.4) is 0 Å². The molecule has 0 radical (unpaired) electrons.